The molecule has 0 spiro atoms. The predicted molar refractivity (Wildman–Crippen MR) is 152 cm³/mol. The average Bonchev–Trinajstić information content (AvgIpc) is 2.82. The van der Waals surface area contributed by atoms with Crippen LogP contribution in [0.4, 0.5) is 0 Å². The van der Waals surface area contributed by atoms with Gasteiger partial charge in [-0.2, -0.15) is 0 Å². The molecular formula is C24H54O4S2Si2. The molecule has 0 unspecified atom stereocenters. The Balaban J connectivity index is 4.72. The van der Waals surface area contributed by atoms with Gasteiger partial charge in [-0.3, -0.25) is 0 Å². The van der Waals surface area contributed by atoms with E-state index >= 15 is 0 Å². The highest BCUT2D eigenvalue weighted by atomic mass is 33.1. The van der Waals surface area contributed by atoms with Crippen LogP contribution in [0, 0.1) is 0 Å². The second-order valence-corrected chi connectivity index (χ2v) is 15.8. The zero-order valence-electron chi connectivity index (χ0n) is 22.2. The van der Waals surface area contributed by atoms with Crippen molar-refractivity contribution in [2.45, 2.75) is 116 Å². The lowest BCUT2D eigenvalue weighted by Crippen LogP contribution is -2.43. The summed E-state index contributed by atoms with van der Waals surface area (Å²) >= 11 is 0. The van der Waals surface area contributed by atoms with Gasteiger partial charge in [-0.15, -0.1) is 0 Å². The fourth-order valence-corrected chi connectivity index (χ4v) is 10.0. The summed E-state index contributed by atoms with van der Waals surface area (Å²) in [5.74, 6) is 2.17. The van der Waals surface area contributed by atoms with Crippen molar-refractivity contribution in [1.29, 1.82) is 0 Å². The maximum absolute atomic E-state index is 6.36. The first-order valence-electron chi connectivity index (χ1n) is 13.4. The van der Waals surface area contributed by atoms with Crippen molar-refractivity contribution in [3.8, 4) is 0 Å². The van der Waals surface area contributed by atoms with E-state index in [4.69, 9.17) is 18.9 Å². The van der Waals surface area contributed by atoms with E-state index in [-0.39, 0.29) is 10.8 Å². The van der Waals surface area contributed by atoms with Gasteiger partial charge in [0.1, 0.15) is 10.8 Å². The molecule has 4 nitrogen and oxygen atoms in total. The second kappa shape index (κ2) is 22.4. The molecule has 0 radical (unpaired) electrons. The third-order valence-electron chi connectivity index (χ3n) is 5.32. The maximum atomic E-state index is 6.36. The summed E-state index contributed by atoms with van der Waals surface area (Å²) in [6, 6.07) is 2.58. The molecule has 0 fully saturated rings. The summed E-state index contributed by atoms with van der Waals surface area (Å²) in [5.41, 5.74) is -0.524. The Morgan fingerprint density at radius 3 is 1.06 bits per heavy atom. The van der Waals surface area contributed by atoms with Gasteiger partial charge in [-0.25, -0.2) is 0 Å². The first-order valence-corrected chi connectivity index (χ1v) is 19.3. The van der Waals surface area contributed by atoms with E-state index in [0.29, 0.717) is 0 Å². The Hall–Kier alpha value is 0.974. The number of hydrogen-bond donors (Lipinski definition) is 0. The highest BCUT2D eigenvalue weighted by Gasteiger charge is 2.32. The monoisotopic (exact) mass is 526 g/mol. The Labute approximate surface area is 212 Å². The van der Waals surface area contributed by atoms with E-state index in [0.717, 1.165) is 76.5 Å². The molecule has 0 bridgehead atoms. The summed E-state index contributed by atoms with van der Waals surface area (Å²) in [5, 5.41) is 0. The highest BCUT2D eigenvalue weighted by Crippen LogP contribution is 2.31. The zero-order valence-corrected chi connectivity index (χ0v) is 26.6. The number of rotatable bonds is 25. The lowest BCUT2D eigenvalue weighted by Gasteiger charge is -2.35. The van der Waals surface area contributed by atoms with Crippen LogP contribution in [0.5, 0.6) is 0 Å². The van der Waals surface area contributed by atoms with Gasteiger partial charge >= 0.3 is 0 Å². The Morgan fingerprint density at radius 2 is 0.812 bits per heavy atom. The van der Waals surface area contributed by atoms with Crippen molar-refractivity contribution in [2.24, 2.45) is 0 Å². The molecule has 0 aromatic heterocycles. The van der Waals surface area contributed by atoms with Crippen LogP contribution < -0.4 is 0 Å². The molecule has 0 N–H and O–H groups in total. The minimum Gasteiger partial charge on any atom is -0.354 e. The Morgan fingerprint density at radius 1 is 0.500 bits per heavy atom. The van der Waals surface area contributed by atoms with Crippen molar-refractivity contribution in [3.05, 3.63) is 0 Å². The van der Waals surface area contributed by atoms with Crippen molar-refractivity contribution in [3.63, 3.8) is 0 Å². The van der Waals surface area contributed by atoms with Crippen LogP contribution >= 0.6 is 21.6 Å². The van der Waals surface area contributed by atoms with Gasteiger partial charge in [-0.05, 0) is 25.7 Å². The number of hydrogen-bond acceptors (Lipinski definition) is 6. The van der Waals surface area contributed by atoms with Crippen molar-refractivity contribution in [1.82, 2.24) is 0 Å². The molecule has 0 aliphatic heterocycles. The largest absolute Gasteiger partial charge is 0.354 e. The molecule has 0 atom stereocenters. The molecule has 0 saturated heterocycles. The van der Waals surface area contributed by atoms with E-state index in [1.165, 1.54) is 24.9 Å². The smallest absolute Gasteiger partial charge is 0.145 e. The molecule has 0 aromatic carbocycles. The molecule has 0 heterocycles. The number of ether oxygens (including phenoxy) is 4. The lowest BCUT2D eigenvalue weighted by molar-refractivity contribution is -0.182. The normalized spacial score (nSPS) is 13.3. The Kier molecular flexibility index (Phi) is 23.1. The van der Waals surface area contributed by atoms with Crippen molar-refractivity contribution >= 4 is 40.6 Å². The fraction of sp³-hybridized carbons (Fsp3) is 1.00. The summed E-state index contributed by atoms with van der Waals surface area (Å²) in [7, 11) is 3.12. The molecule has 8 heteroatoms. The van der Waals surface area contributed by atoms with Gasteiger partial charge in [0.2, 0.25) is 0 Å². The molecule has 0 aliphatic rings. The van der Waals surface area contributed by atoms with Crippen LogP contribution in [0.15, 0.2) is 0 Å². The molecule has 194 valence electrons. The minimum atomic E-state index is -0.415. The van der Waals surface area contributed by atoms with E-state index in [9.17, 15) is 0 Å². The quantitative estimate of drug-likeness (QED) is 0.0614. The first kappa shape index (κ1) is 33.0. The van der Waals surface area contributed by atoms with E-state index in [1.54, 1.807) is 0 Å². The Bertz CT molecular complexity index is 327. The fourth-order valence-electron chi connectivity index (χ4n) is 3.47. The van der Waals surface area contributed by atoms with E-state index < -0.39 is 19.0 Å². The van der Waals surface area contributed by atoms with E-state index in [2.05, 4.69) is 41.5 Å². The lowest BCUT2D eigenvalue weighted by atomic mass is 10.4. The van der Waals surface area contributed by atoms with Crippen LogP contribution in [-0.4, -0.2) is 67.8 Å². The van der Waals surface area contributed by atoms with Gasteiger partial charge < -0.3 is 18.9 Å². The molecule has 0 rings (SSSR count). The molecular weight excluding hydrogens is 473 g/mol. The molecule has 0 aromatic rings. The zero-order chi connectivity index (χ0) is 24.0. The highest BCUT2D eigenvalue weighted by molar-refractivity contribution is 8.76. The van der Waals surface area contributed by atoms with Crippen LogP contribution in [0.2, 0.25) is 12.1 Å². The van der Waals surface area contributed by atoms with Crippen LogP contribution in [0.25, 0.3) is 0 Å². The van der Waals surface area contributed by atoms with Crippen molar-refractivity contribution < 1.29 is 18.9 Å². The topological polar surface area (TPSA) is 36.9 Å². The SMILES string of the molecule is CCCOC(CCSSCCC(OCCC)(OCCC)[SiH2]CCC)(OCCC)[SiH2]CCC. The predicted octanol–water partition coefficient (Wildman–Crippen LogP) is 6.16. The third-order valence-corrected chi connectivity index (χ3v) is 12.9. The van der Waals surface area contributed by atoms with Crippen molar-refractivity contribution in [2.75, 3.05) is 37.9 Å². The molecule has 0 amide bonds. The maximum Gasteiger partial charge on any atom is 0.145 e. The first-order chi connectivity index (χ1) is 15.6. The minimum absolute atomic E-state index is 0.262. The van der Waals surface area contributed by atoms with Gasteiger partial charge in [0.25, 0.3) is 0 Å². The van der Waals surface area contributed by atoms with Gasteiger partial charge in [0, 0.05) is 50.8 Å². The summed E-state index contributed by atoms with van der Waals surface area (Å²) in [6.07, 6.45) is 8.73. The van der Waals surface area contributed by atoms with Gasteiger partial charge in [0.05, 0.1) is 19.0 Å². The third kappa shape index (κ3) is 15.8. The molecule has 0 aliphatic carbocycles. The average molecular weight is 527 g/mol. The molecule has 0 saturated carbocycles. The van der Waals surface area contributed by atoms with Gasteiger partial charge in [0.15, 0.2) is 0 Å². The summed E-state index contributed by atoms with van der Waals surface area (Å²) in [4.78, 5) is 0. The van der Waals surface area contributed by atoms with Gasteiger partial charge in [-0.1, -0.05) is 88.1 Å². The van der Waals surface area contributed by atoms with Crippen LogP contribution in [-0.2, 0) is 18.9 Å². The second-order valence-electron chi connectivity index (χ2n) is 8.57. The van der Waals surface area contributed by atoms with Crippen LogP contribution in [0.1, 0.15) is 92.9 Å². The van der Waals surface area contributed by atoms with E-state index in [1.807, 2.05) is 21.6 Å². The summed E-state index contributed by atoms with van der Waals surface area (Å²) < 4.78 is 25.4. The standard InChI is InChI=1S/C24H54O4S2Si2/c1-7-15-25-23(26-16-8-2,31-21-11-5)13-19-29-30-20-14-24(27-17-9-3,28-18-10-4)32-22-12-6/h7-22,31-32H2,1-6H3. The summed E-state index contributed by atoms with van der Waals surface area (Å²) in [6.45, 7) is 16.5. The van der Waals surface area contributed by atoms with Crippen LogP contribution in [0.3, 0.4) is 0 Å². The molecule has 32 heavy (non-hydrogen) atoms.